The average Bonchev–Trinajstić information content (AvgIpc) is 2.63. The molecule has 0 radical (unpaired) electrons. The largest absolute Gasteiger partial charge is 0.478 e. The van der Waals surface area contributed by atoms with Crippen molar-refractivity contribution >= 4 is 23.3 Å². The first-order valence-corrected chi connectivity index (χ1v) is 7.75. The lowest BCUT2D eigenvalue weighted by Gasteiger charge is -2.51. The molecule has 2 aliphatic rings. The highest BCUT2D eigenvalue weighted by atomic mass is 35.5. The molecule has 4 heteroatoms. The molecule has 1 aromatic rings. The lowest BCUT2D eigenvalue weighted by molar-refractivity contribution is 0.0697. The Kier molecular flexibility index (Phi) is 3.63. The first kappa shape index (κ1) is 13.7. The molecule has 20 heavy (non-hydrogen) atoms. The molecule has 108 valence electrons. The van der Waals surface area contributed by atoms with Crippen molar-refractivity contribution in [3.05, 3.63) is 28.8 Å². The molecule has 3 nitrogen and oxygen atoms in total. The summed E-state index contributed by atoms with van der Waals surface area (Å²) >= 11 is 5.92. The summed E-state index contributed by atoms with van der Waals surface area (Å²) in [6.45, 7) is 2.13. The maximum absolute atomic E-state index is 11.1. The molecule has 1 saturated carbocycles. The van der Waals surface area contributed by atoms with E-state index < -0.39 is 5.97 Å². The van der Waals surface area contributed by atoms with Gasteiger partial charge in [-0.1, -0.05) is 37.3 Å². The lowest BCUT2D eigenvalue weighted by Crippen LogP contribution is -2.56. The van der Waals surface area contributed by atoms with Crippen LogP contribution in [0.3, 0.4) is 0 Å². The number of anilines is 1. The molecule has 2 fully saturated rings. The minimum absolute atomic E-state index is 0.200. The van der Waals surface area contributed by atoms with Gasteiger partial charge < -0.3 is 10.0 Å². The van der Waals surface area contributed by atoms with Gasteiger partial charge in [0.1, 0.15) is 0 Å². The summed E-state index contributed by atoms with van der Waals surface area (Å²) < 4.78 is 0. The number of hydrogen-bond acceptors (Lipinski definition) is 2. The van der Waals surface area contributed by atoms with E-state index in [2.05, 4.69) is 4.90 Å². The molecule has 0 unspecified atom stereocenters. The van der Waals surface area contributed by atoms with E-state index in [9.17, 15) is 4.79 Å². The molecule has 0 amide bonds. The van der Waals surface area contributed by atoms with E-state index in [1.54, 1.807) is 12.1 Å². The second-order valence-corrected chi connectivity index (χ2v) is 6.65. The molecular formula is C16H20ClNO2. The fourth-order valence-corrected chi connectivity index (χ4v) is 3.81. The zero-order chi connectivity index (χ0) is 14.2. The number of aromatic carboxylic acids is 1. The third-order valence-corrected chi connectivity index (χ3v) is 5.09. The van der Waals surface area contributed by atoms with Gasteiger partial charge in [0.15, 0.2) is 0 Å². The summed E-state index contributed by atoms with van der Waals surface area (Å²) in [5, 5.41) is 9.45. The highest BCUT2D eigenvalue weighted by Gasteiger charge is 2.42. The van der Waals surface area contributed by atoms with Gasteiger partial charge in [-0.25, -0.2) is 4.79 Å². The van der Waals surface area contributed by atoms with Crippen LogP contribution in [0.4, 0.5) is 5.69 Å². The normalized spacial score (nSPS) is 21.4. The molecule has 0 atom stereocenters. The van der Waals surface area contributed by atoms with Crippen LogP contribution in [-0.2, 0) is 0 Å². The van der Waals surface area contributed by atoms with Crippen molar-refractivity contribution in [2.24, 2.45) is 5.41 Å². The minimum atomic E-state index is -0.957. The standard InChI is InChI=1S/C16H20ClNO2/c17-14-6-5-12(9-13(14)15(19)20)18-10-16(11-18)7-3-1-2-4-8-16/h5-6,9H,1-4,7-8,10-11H2,(H,19,20). The van der Waals surface area contributed by atoms with Crippen LogP contribution in [0.1, 0.15) is 48.9 Å². The molecule has 0 bridgehead atoms. The van der Waals surface area contributed by atoms with Gasteiger partial charge >= 0.3 is 5.97 Å². The SMILES string of the molecule is O=C(O)c1cc(N2CC3(CCCCCC3)C2)ccc1Cl. The van der Waals surface area contributed by atoms with E-state index in [1.807, 2.05) is 6.07 Å². The third kappa shape index (κ3) is 2.51. The number of carboxylic acid groups (broad SMARTS) is 1. The van der Waals surface area contributed by atoms with Crippen LogP contribution in [-0.4, -0.2) is 24.2 Å². The van der Waals surface area contributed by atoms with Gasteiger partial charge in [0.2, 0.25) is 0 Å². The predicted octanol–water partition coefficient (Wildman–Crippen LogP) is 4.20. The maximum Gasteiger partial charge on any atom is 0.337 e. The minimum Gasteiger partial charge on any atom is -0.478 e. The van der Waals surface area contributed by atoms with Crippen molar-refractivity contribution < 1.29 is 9.90 Å². The van der Waals surface area contributed by atoms with Gasteiger partial charge in [-0.2, -0.15) is 0 Å². The number of hydrogen-bond donors (Lipinski definition) is 1. The van der Waals surface area contributed by atoms with Crippen molar-refractivity contribution in [1.29, 1.82) is 0 Å². The van der Waals surface area contributed by atoms with Crippen LogP contribution in [0.5, 0.6) is 0 Å². The summed E-state index contributed by atoms with van der Waals surface area (Å²) in [7, 11) is 0. The van der Waals surface area contributed by atoms with Crippen LogP contribution in [0, 0.1) is 5.41 Å². The van der Waals surface area contributed by atoms with Crippen molar-refractivity contribution in [2.45, 2.75) is 38.5 Å². The fraction of sp³-hybridized carbons (Fsp3) is 0.562. The Labute approximate surface area is 124 Å². The van der Waals surface area contributed by atoms with Crippen molar-refractivity contribution in [2.75, 3.05) is 18.0 Å². The number of nitrogens with zero attached hydrogens (tertiary/aromatic N) is 1. The zero-order valence-electron chi connectivity index (χ0n) is 11.6. The van der Waals surface area contributed by atoms with E-state index in [1.165, 1.54) is 38.5 Å². The molecule has 1 aliphatic heterocycles. The van der Waals surface area contributed by atoms with Gasteiger partial charge in [0.25, 0.3) is 0 Å². The topological polar surface area (TPSA) is 40.5 Å². The summed E-state index contributed by atoms with van der Waals surface area (Å²) in [6.07, 6.45) is 8.06. The first-order valence-electron chi connectivity index (χ1n) is 7.38. The first-order chi connectivity index (χ1) is 9.60. The van der Waals surface area contributed by atoms with Crippen molar-refractivity contribution in [3.63, 3.8) is 0 Å². The highest BCUT2D eigenvalue weighted by Crippen LogP contribution is 2.44. The molecule has 1 saturated heterocycles. The molecule has 1 aromatic carbocycles. The van der Waals surface area contributed by atoms with Gasteiger partial charge in [-0.15, -0.1) is 0 Å². The molecule has 1 spiro atoms. The Bertz CT molecular complexity index is 513. The summed E-state index contributed by atoms with van der Waals surface area (Å²) in [6, 6.07) is 5.32. The fourth-order valence-electron chi connectivity index (χ4n) is 3.61. The smallest absolute Gasteiger partial charge is 0.337 e. The Balaban J connectivity index is 1.73. The number of carbonyl (C=O) groups is 1. The number of rotatable bonds is 2. The third-order valence-electron chi connectivity index (χ3n) is 4.76. The molecular weight excluding hydrogens is 274 g/mol. The Morgan fingerprint density at radius 2 is 1.80 bits per heavy atom. The van der Waals surface area contributed by atoms with Crippen LogP contribution < -0.4 is 4.90 Å². The second kappa shape index (κ2) is 5.28. The van der Waals surface area contributed by atoms with Crippen molar-refractivity contribution in [1.82, 2.24) is 0 Å². The summed E-state index contributed by atoms with van der Waals surface area (Å²) in [5.41, 5.74) is 1.67. The second-order valence-electron chi connectivity index (χ2n) is 6.24. The van der Waals surface area contributed by atoms with Crippen LogP contribution >= 0.6 is 11.6 Å². The molecule has 1 aliphatic carbocycles. The summed E-state index contributed by atoms with van der Waals surface area (Å²) in [4.78, 5) is 13.4. The lowest BCUT2D eigenvalue weighted by atomic mass is 9.73. The van der Waals surface area contributed by atoms with Crippen LogP contribution in [0.2, 0.25) is 5.02 Å². The highest BCUT2D eigenvalue weighted by molar-refractivity contribution is 6.33. The molecule has 0 aromatic heterocycles. The Morgan fingerprint density at radius 1 is 1.15 bits per heavy atom. The van der Waals surface area contributed by atoms with E-state index in [-0.39, 0.29) is 5.56 Å². The van der Waals surface area contributed by atoms with E-state index >= 15 is 0 Å². The van der Waals surface area contributed by atoms with Crippen LogP contribution in [0.15, 0.2) is 18.2 Å². The number of carboxylic acids is 1. The Morgan fingerprint density at radius 3 is 2.40 bits per heavy atom. The van der Waals surface area contributed by atoms with Gasteiger partial charge in [-0.05, 0) is 31.0 Å². The number of benzene rings is 1. The average molecular weight is 294 g/mol. The monoisotopic (exact) mass is 293 g/mol. The number of halogens is 1. The van der Waals surface area contributed by atoms with E-state index in [0.29, 0.717) is 10.4 Å². The quantitative estimate of drug-likeness (QED) is 0.888. The maximum atomic E-state index is 11.1. The van der Waals surface area contributed by atoms with Gasteiger partial charge in [0.05, 0.1) is 10.6 Å². The van der Waals surface area contributed by atoms with Crippen molar-refractivity contribution in [3.8, 4) is 0 Å². The van der Waals surface area contributed by atoms with Crippen LogP contribution in [0.25, 0.3) is 0 Å². The van der Waals surface area contributed by atoms with E-state index in [4.69, 9.17) is 16.7 Å². The molecule has 1 N–H and O–H groups in total. The molecule has 3 rings (SSSR count). The predicted molar refractivity (Wildman–Crippen MR) is 80.8 cm³/mol. The van der Waals surface area contributed by atoms with E-state index in [0.717, 1.165) is 18.8 Å². The Hall–Kier alpha value is -1.22. The molecule has 1 heterocycles. The van der Waals surface area contributed by atoms with Gasteiger partial charge in [0, 0.05) is 24.2 Å². The van der Waals surface area contributed by atoms with Gasteiger partial charge in [-0.3, -0.25) is 0 Å². The zero-order valence-corrected chi connectivity index (χ0v) is 12.3. The summed E-state index contributed by atoms with van der Waals surface area (Å²) in [5.74, 6) is -0.957.